The Bertz CT molecular complexity index is 1280. The van der Waals surface area contributed by atoms with Crippen molar-refractivity contribution in [2.75, 3.05) is 11.9 Å². The summed E-state index contributed by atoms with van der Waals surface area (Å²) in [5.74, 6) is 0.179. The molecule has 0 bridgehead atoms. The molecule has 1 N–H and O–H groups in total. The number of rotatable bonds is 7. The van der Waals surface area contributed by atoms with Crippen molar-refractivity contribution in [1.29, 1.82) is 5.26 Å². The summed E-state index contributed by atoms with van der Waals surface area (Å²) in [5, 5.41) is 23.4. The van der Waals surface area contributed by atoms with Gasteiger partial charge in [0.1, 0.15) is 17.4 Å². The number of amides is 1. The average molecular weight is 444 g/mol. The van der Waals surface area contributed by atoms with Gasteiger partial charge in [0.25, 0.3) is 11.6 Å². The number of aromatic nitrogens is 1. The molecule has 33 heavy (non-hydrogen) atoms. The highest BCUT2D eigenvalue weighted by Gasteiger charge is 2.16. The zero-order valence-electron chi connectivity index (χ0n) is 18.9. The molecular formula is C25H24N4O4. The van der Waals surface area contributed by atoms with Crippen molar-refractivity contribution in [3.8, 4) is 17.5 Å². The highest BCUT2D eigenvalue weighted by molar-refractivity contribution is 6.09. The standard InChI is InChI=1S/C25H24N4O4/c1-5-33-23-9-6-21(7-10-23)27-25(30)20(15-26)14-19-13-17(3)28(18(19)4)24-11-8-22(29(31)32)12-16(24)2/h6-14H,5H2,1-4H3,(H,27,30)/b20-14-. The molecular weight excluding hydrogens is 420 g/mol. The van der Waals surface area contributed by atoms with Crippen molar-refractivity contribution in [3.63, 3.8) is 0 Å². The molecule has 0 unspecified atom stereocenters. The second-order valence-electron chi connectivity index (χ2n) is 7.47. The number of hydrogen-bond acceptors (Lipinski definition) is 5. The molecule has 0 atom stereocenters. The Hall–Kier alpha value is -4.38. The lowest BCUT2D eigenvalue weighted by Gasteiger charge is -2.12. The summed E-state index contributed by atoms with van der Waals surface area (Å²) >= 11 is 0. The average Bonchev–Trinajstić information content (AvgIpc) is 3.06. The number of nitro benzene ring substituents is 1. The van der Waals surface area contributed by atoms with Crippen molar-refractivity contribution < 1.29 is 14.5 Å². The minimum Gasteiger partial charge on any atom is -0.494 e. The van der Waals surface area contributed by atoms with Crippen LogP contribution in [0.5, 0.6) is 5.75 Å². The molecule has 0 fully saturated rings. The van der Waals surface area contributed by atoms with Crippen LogP contribution in [-0.4, -0.2) is 22.0 Å². The molecule has 8 heteroatoms. The van der Waals surface area contributed by atoms with E-state index in [1.807, 2.05) is 44.4 Å². The number of non-ortho nitro benzene ring substituents is 1. The Labute approximate surface area is 191 Å². The maximum absolute atomic E-state index is 12.7. The number of nitrogens with one attached hydrogen (secondary N) is 1. The van der Waals surface area contributed by atoms with E-state index in [2.05, 4.69) is 5.32 Å². The molecule has 8 nitrogen and oxygen atoms in total. The molecule has 0 spiro atoms. The number of carbonyl (C=O) groups excluding carboxylic acids is 1. The first-order valence-corrected chi connectivity index (χ1v) is 10.4. The van der Waals surface area contributed by atoms with E-state index in [4.69, 9.17) is 4.74 Å². The second kappa shape index (κ2) is 9.83. The Balaban J connectivity index is 1.90. The highest BCUT2D eigenvalue weighted by Crippen LogP contribution is 2.27. The maximum atomic E-state index is 12.7. The first-order chi connectivity index (χ1) is 15.7. The number of anilines is 1. The summed E-state index contributed by atoms with van der Waals surface area (Å²) < 4.78 is 7.34. The van der Waals surface area contributed by atoms with E-state index >= 15 is 0 Å². The van der Waals surface area contributed by atoms with Crippen molar-refractivity contribution in [3.05, 3.63) is 86.7 Å². The van der Waals surface area contributed by atoms with Crippen molar-refractivity contribution in [2.24, 2.45) is 0 Å². The molecule has 0 radical (unpaired) electrons. The Morgan fingerprint density at radius 2 is 1.88 bits per heavy atom. The third kappa shape index (κ3) is 5.10. The summed E-state index contributed by atoms with van der Waals surface area (Å²) in [6.45, 7) is 8.02. The number of nitro groups is 1. The van der Waals surface area contributed by atoms with E-state index in [1.165, 1.54) is 12.1 Å². The molecule has 168 valence electrons. The van der Waals surface area contributed by atoms with E-state index in [1.54, 1.807) is 36.4 Å². The van der Waals surface area contributed by atoms with Crippen molar-refractivity contribution >= 4 is 23.4 Å². The largest absolute Gasteiger partial charge is 0.494 e. The zero-order valence-corrected chi connectivity index (χ0v) is 18.9. The fourth-order valence-electron chi connectivity index (χ4n) is 3.61. The number of carbonyl (C=O) groups is 1. The van der Waals surface area contributed by atoms with Gasteiger partial charge in [-0.2, -0.15) is 5.26 Å². The van der Waals surface area contributed by atoms with E-state index in [0.29, 0.717) is 23.6 Å². The molecule has 1 heterocycles. The van der Waals surface area contributed by atoms with Gasteiger partial charge >= 0.3 is 0 Å². The van der Waals surface area contributed by atoms with Gasteiger partial charge in [-0.25, -0.2) is 0 Å². The molecule has 0 aliphatic carbocycles. The minimum atomic E-state index is -0.516. The van der Waals surface area contributed by atoms with Crippen molar-refractivity contribution in [2.45, 2.75) is 27.7 Å². The summed E-state index contributed by atoms with van der Waals surface area (Å²) in [7, 11) is 0. The predicted octanol–water partition coefficient (Wildman–Crippen LogP) is 5.26. The van der Waals surface area contributed by atoms with Gasteiger partial charge < -0.3 is 14.6 Å². The van der Waals surface area contributed by atoms with Gasteiger partial charge in [0.2, 0.25) is 0 Å². The van der Waals surface area contributed by atoms with Crippen LogP contribution in [0.4, 0.5) is 11.4 Å². The van der Waals surface area contributed by atoms with Gasteiger partial charge in [0.05, 0.1) is 11.5 Å². The predicted molar refractivity (Wildman–Crippen MR) is 126 cm³/mol. The maximum Gasteiger partial charge on any atom is 0.269 e. The van der Waals surface area contributed by atoms with Crippen LogP contribution in [-0.2, 0) is 4.79 Å². The normalized spacial score (nSPS) is 11.1. The molecule has 0 saturated heterocycles. The first-order valence-electron chi connectivity index (χ1n) is 10.4. The number of aryl methyl sites for hydroxylation is 2. The lowest BCUT2D eigenvalue weighted by molar-refractivity contribution is -0.384. The number of hydrogen-bond donors (Lipinski definition) is 1. The van der Waals surface area contributed by atoms with Gasteiger partial charge in [-0.3, -0.25) is 14.9 Å². The van der Waals surface area contributed by atoms with Crippen LogP contribution in [0.1, 0.15) is 29.4 Å². The van der Waals surface area contributed by atoms with E-state index in [0.717, 1.165) is 22.6 Å². The van der Waals surface area contributed by atoms with Crippen LogP contribution < -0.4 is 10.1 Å². The molecule has 0 aliphatic rings. The summed E-state index contributed by atoms with van der Waals surface area (Å²) in [6, 6.07) is 15.4. The van der Waals surface area contributed by atoms with E-state index < -0.39 is 10.8 Å². The lowest BCUT2D eigenvalue weighted by atomic mass is 10.1. The monoisotopic (exact) mass is 444 g/mol. The molecule has 1 aromatic heterocycles. The third-order valence-electron chi connectivity index (χ3n) is 5.19. The fraction of sp³-hybridized carbons (Fsp3) is 0.200. The number of ether oxygens (including phenoxy) is 1. The van der Waals surface area contributed by atoms with Gasteiger partial charge in [-0.05, 0) is 81.3 Å². The molecule has 0 saturated carbocycles. The summed E-state index contributed by atoms with van der Waals surface area (Å²) in [6.07, 6.45) is 1.55. The Morgan fingerprint density at radius 3 is 2.45 bits per heavy atom. The molecule has 3 aromatic rings. The third-order valence-corrected chi connectivity index (χ3v) is 5.19. The van der Waals surface area contributed by atoms with E-state index in [-0.39, 0.29) is 11.3 Å². The molecule has 2 aromatic carbocycles. The summed E-state index contributed by atoms with van der Waals surface area (Å²) in [4.78, 5) is 23.3. The number of benzene rings is 2. The van der Waals surface area contributed by atoms with Crippen LogP contribution >= 0.6 is 0 Å². The minimum absolute atomic E-state index is 0.0246. The van der Waals surface area contributed by atoms with Gasteiger partial charge in [-0.15, -0.1) is 0 Å². The van der Waals surface area contributed by atoms with Gasteiger partial charge in [0.15, 0.2) is 0 Å². The second-order valence-corrected chi connectivity index (χ2v) is 7.47. The topological polar surface area (TPSA) is 110 Å². The quantitative estimate of drug-likeness (QED) is 0.231. The fourth-order valence-corrected chi connectivity index (χ4v) is 3.61. The zero-order chi connectivity index (χ0) is 24.1. The van der Waals surface area contributed by atoms with Crippen LogP contribution in [0.15, 0.2) is 54.1 Å². The van der Waals surface area contributed by atoms with Gasteiger partial charge in [-0.1, -0.05) is 0 Å². The molecule has 3 rings (SSSR count). The smallest absolute Gasteiger partial charge is 0.269 e. The Morgan fingerprint density at radius 1 is 1.18 bits per heavy atom. The Kier molecular flexibility index (Phi) is 6.94. The number of nitriles is 1. The first kappa shape index (κ1) is 23.3. The SMILES string of the molecule is CCOc1ccc(NC(=O)/C(C#N)=C\c2cc(C)n(-c3ccc([N+](=O)[O-])cc3C)c2C)cc1. The van der Waals surface area contributed by atoms with Crippen LogP contribution in [0.3, 0.4) is 0 Å². The van der Waals surface area contributed by atoms with Crippen LogP contribution in [0, 0.1) is 42.2 Å². The van der Waals surface area contributed by atoms with E-state index in [9.17, 15) is 20.2 Å². The molecule has 0 aliphatic heterocycles. The van der Waals surface area contributed by atoms with Gasteiger partial charge in [0, 0.05) is 34.9 Å². The van der Waals surface area contributed by atoms with Crippen molar-refractivity contribution in [1.82, 2.24) is 4.57 Å². The van der Waals surface area contributed by atoms with Crippen LogP contribution in [0.25, 0.3) is 11.8 Å². The molecule has 1 amide bonds. The van der Waals surface area contributed by atoms with Crippen LogP contribution in [0.2, 0.25) is 0 Å². The summed E-state index contributed by atoms with van der Waals surface area (Å²) in [5.41, 5.74) is 4.48. The lowest BCUT2D eigenvalue weighted by Crippen LogP contribution is -2.13. The highest BCUT2D eigenvalue weighted by atomic mass is 16.6. The number of nitrogens with zero attached hydrogens (tertiary/aromatic N) is 3.